The summed E-state index contributed by atoms with van der Waals surface area (Å²) in [6, 6.07) is 20.2. The van der Waals surface area contributed by atoms with Crippen LogP contribution in [0.15, 0.2) is 71.3 Å². The van der Waals surface area contributed by atoms with Crippen molar-refractivity contribution in [2.45, 2.75) is 0 Å². The van der Waals surface area contributed by atoms with Crippen LogP contribution in [0.4, 0.5) is 0 Å². The molecule has 0 bridgehead atoms. The summed E-state index contributed by atoms with van der Waals surface area (Å²) in [6.45, 7) is 0. The summed E-state index contributed by atoms with van der Waals surface area (Å²) in [4.78, 5) is 4.88. The standard InChI is InChI=1S/C20H14BrClN2OSe/c1-25-16-10-11-24-18(12-16)23-19(13-2-6-15(22)7-3-13)20(24)26-17-8-4-14(21)5-9-17/h2-12H,1H3. The Balaban J connectivity index is 1.87. The van der Waals surface area contributed by atoms with Gasteiger partial charge in [0, 0.05) is 0 Å². The molecule has 0 saturated heterocycles. The second kappa shape index (κ2) is 7.45. The fourth-order valence-corrected chi connectivity index (χ4v) is 5.14. The van der Waals surface area contributed by atoms with E-state index < -0.39 is 0 Å². The Bertz CT molecular complexity index is 1060. The van der Waals surface area contributed by atoms with E-state index in [9.17, 15) is 0 Å². The first-order valence-corrected chi connectivity index (χ1v) is 10.8. The third kappa shape index (κ3) is 3.53. The molecule has 26 heavy (non-hydrogen) atoms. The molecule has 0 amide bonds. The monoisotopic (exact) mass is 492 g/mol. The Labute approximate surface area is 171 Å². The van der Waals surface area contributed by atoms with Crippen LogP contribution in [0.25, 0.3) is 16.9 Å². The van der Waals surface area contributed by atoms with Crippen molar-refractivity contribution in [3.05, 3.63) is 76.4 Å². The van der Waals surface area contributed by atoms with Gasteiger partial charge in [0.2, 0.25) is 0 Å². The molecule has 0 radical (unpaired) electrons. The molecule has 6 heteroatoms. The molecule has 0 atom stereocenters. The van der Waals surface area contributed by atoms with Gasteiger partial charge in [-0.05, 0) is 0 Å². The molecule has 4 rings (SSSR count). The van der Waals surface area contributed by atoms with Crippen molar-refractivity contribution in [3.8, 4) is 17.0 Å². The number of hydrogen-bond donors (Lipinski definition) is 0. The summed E-state index contributed by atoms with van der Waals surface area (Å²) in [7, 11) is 1.67. The number of aromatic nitrogens is 2. The van der Waals surface area contributed by atoms with Crippen LogP contribution >= 0.6 is 27.5 Å². The SMILES string of the molecule is COc1ccn2c([Se]c3ccc(Br)cc3)c(-c3ccc(Cl)cc3)nc2c1. The maximum atomic E-state index is 6.06. The average molecular weight is 493 g/mol. The van der Waals surface area contributed by atoms with E-state index in [2.05, 4.69) is 44.6 Å². The summed E-state index contributed by atoms with van der Waals surface area (Å²) in [5, 5.41) is 0.721. The maximum absolute atomic E-state index is 6.06. The van der Waals surface area contributed by atoms with Crippen molar-refractivity contribution >= 4 is 57.2 Å². The van der Waals surface area contributed by atoms with Gasteiger partial charge >= 0.3 is 172 Å². The van der Waals surface area contributed by atoms with Gasteiger partial charge in [-0.2, -0.15) is 0 Å². The predicted molar refractivity (Wildman–Crippen MR) is 111 cm³/mol. The van der Waals surface area contributed by atoms with E-state index in [-0.39, 0.29) is 15.0 Å². The number of fused-ring (bicyclic) bond motifs is 1. The fourth-order valence-electron chi connectivity index (χ4n) is 2.64. The third-order valence-corrected chi connectivity index (χ3v) is 7.01. The number of methoxy groups -OCH3 is 1. The normalized spacial score (nSPS) is 11.0. The number of pyridine rings is 1. The van der Waals surface area contributed by atoms with Gasteiger partial charge in [0.05, 0.1) is 0 Å². The van der Waals surface area contributed by atoms with Gasteiger partial charge in [-0.25, -0.2) is 0 Å². The molecular weight excluding hydrogens is 479 g/mol. The minimum atomic E-state index is 0.101. The van der Waals surface area contributed by atoms with Crippen molar-refractivity contribution in [1.82, 2.24) is 9.38 Å². The van der Waals surface area contributed by atoms with E-state index >= 15 is 0 Å². The second-order valence-electron chi connectivity index (χ2n) is 5.62. The molecule has 2 heterocycles. The van der Waals surface area contributed by atoms with Crippen LogP contribution in [-0.4, -0.2) is 31.5 Å². The molecule has 0 unspecified atom stereocenters. The quantitative estimate of drug-likeness (QED) is 0.402. The number of hydrogen-bond acceptors (Lipinski definition) is 2. The Morgan fingerprint density at radius 1 is 1.04 bits per heavy atom. The van der Waals surface area contributed by atoms with Crippen LogP contribution in [-0.2, 0) is 0 Å². The predicted octanol–water partition coefficient (Wildman–Crippen LogP) is 4.08. The molecule has 0 aliphatic carbocycles. The molecular formula is C20H14BrClN2OSe. The van der Waals surface area contributed by atoms with E-state index in [1.54, 1.807) is 7.11 Å². The van der Waals surface area contributed by atoms with Gasteiger partial charge in [0.1, 0.15) is 0 Å². The number of imidazole rings is 1. The van der Waals surface area contributed by atoms with E-state index in [1.165, 1.54) is 9.05 Å². The molecule has 0 fully saturated rings. The van der Waals surface area contributed by atoms with Crippen LogP contribution in [0.1, 0.15) is 0 Å². The van der Waals surface area contributed by atoms with Gasteiger partial charge in [-0.15, -0.1) is 0 Å². The summed E-state index contributed by atoms with van der Waals surface area (Å²) in [5.41, 5.74) is 2.92. The Hall–Kier alpha value is -1.78. The third-order valence-electron chi connectivity index (χ3n) is 3.94. The van der Waals surface area contributed by atoms with Gasteiger partial charge in [-0.1, -0.05) is 0 Å². The number of rotatable bonds is 4. The Morgan fingerprint density at radius 2 is 1.77 bits per heavy atom. The van der Waals surface area contributed by atoms with E-state index in [0.717, 1.165) is 32.1 Å². The zero-order chi connectivity index (χ0) is 18.1. The second-order valence-corrected chi connectivity index (χ2v) is 9.20. The average Bonchev–Trinajstić information content (AvgIpc) is 3.01. The number of halogens is 2. The first kappa shape index (κ1) is 17.6. The summed E-state index contributed by atoms with van der Waals surface area (Å²) in [6.07, 6.45) is 2.02. The number of ether oxygens (including phenoxy) is 1. The number of nitrogens with zero attached hydrogens (tertiary/aromatic N) is 2. The fraction of sp³-hybridized carbons (Fsp3) is 0.0500. The minimum absolute atomic E-state index is 0.101. The van der Waals surface area contributed by atoms with Crippen LogP contribution in [0, 0.1) is 0 Å². The van der Waals surface area contributed by atoms with Gasteiger partial charge in [0.25, 0.3) is 0 Å². The molecule has 130 valence electrons. The Morgan fingerprint density at radius 3 is 2.46 bits per heavy atom. The molecule has 2 aromatic carbocycles. The van der Waals surface area contributed by atoms with Crippen LogP contribution < -0.4 is 13.8 Å². The Kier molecular flexibility index (Phi) is 5.05. The van der Waals surface area contributed by atoms with Crippen LogP contribution in [0.3, 0.4) is 0 Å². The van der Waals surface area contributed by atoms with Gasteiger partial charge < -0.3 is 0 Å². The van der Waals surface area contributed by atoms with Crippen molar-refractivity contribution in [3.63, 3.8) is 0 Å². The van der Waals surface area contributed by atoms with Gasteiger partial charge in [-0.3, -0.25) is 0 Å². The molecule has 0 saturated carbocycles. The topological polar surface area (TPSA) is 26.5 Å². The van der Waals surface area contributed by atoms with Crippen molar-refractivity contribution in [1.29, 1.82) is 0 Å². The molecule has 0 aliphatic heterocycles. The van der Waals surface area contributed by atoms with Crippen LogP contribution in [0.2, 0.25) is 5.02 Å². The summed E-state index contributed by atoms with van der Waals surface area (Å²) in [5.74, 6) is 0.799. The molecule has 0 spiro atoms. The summed E-state index contributed by atoms with van der Waals surface area (Å²) < 4.78 is 11.1. The summed E-state index contributed by atoms with van der Waals surface area (Å²) >= 11 is 9.66. The molecule has 0 aliphatic rings. The van der Waals surface area contributed by atoms with Crippen molar-refractivity contribution < 1.29 is 4.74 Å². The first-order valence-electron chi connectivity index (χ1n) is 7.89. The first-order chi connectivity index (χ1) is 12.6. The van der Waals surface area contributed by atoms with E-state index in [4.69, 9.17) is 21.3 Å². The molecule has 4 aromatic rings. The van der Waals surface area contributed by atoms with E-state index in [1.807, 2.05) is 42.6 Å². The van der Waals surface area contributed by atoms with Crippen molar-refractivity contribution in [2.75, 3.05) is 7.11 Å². The zero-order valence-corrected chi connectivity index (χ0v) is 17.9. The van der Waals surface area contributed by atoms with Gasteiger partial charge in [0.15, 0.2) is 0 Å². The number of benzene rings is 2. The molecule has 3 nitrogen and oxygen atoms in total. The van der Waals surface area contributed by atoms with Crippen LogP contribution in [0.5, 0.6) is 5.75 Å². The zero-order valence-electron chi connectivity index (χ0n) is 13.8. The van der Waals surface area contributed by atoms with Crippen molar-refractivity contribution in [2.24, 2.45) is 0 Å². The van der Waals surface area contributed by atoms with E-state index in [0.29, 0.717) is 0 Å². The molecule has 2 aromatic heterocycles. The molecule has 0 N–H and O–H groups in total.